The van der Waals surface area contributed by atoms with Crippen molar-refractivity contribution < 1.29 is 0 Å². The molecule has 0 atom stereocenters. The highest BCUT2D eigenvalue weighted by Gasteiger charge is 2.06. The second kappa shape index (κ2) is 4.58. The van der Waals surface area contributed by atoms with Crippen LogP contribution < -0.4 is 10.9 Å². The van der Waals surface area contributed by atoms with E-state index in [9.17, 15) is 4.79 Å². The van der Waals surface area contributed by atoms with Gasteiger partial charge in [0.25, 0.3) is 5.56 Å². The minimum atomic E-state index is -0.403. The Balaban J connectivity index is 2.15. The summed E-state index contributed by atoms with van der Waals surface area (Å²) in [6.45, 7) is 2.47. The lowest BCUT2D eigenvalue weighted by Crippen LogP contribution is -2.11. The summed E-state index contributed by atoms with van der Waals surface area (Å²) < 4.78 is 1.74. The van der Waals surface area contributed by atoms with Crippen molar-refractivity contribution in [3.8, 4) is 0 Å². The number of aryl methyl sites for hydroxylation is 2. The Morgan fingerprint density at radius 3 is 3.00 bits per heavy atom. The zero-order valence-corrected chi connectivity index (χ0v) is 10.2. The maximum atomic E-state index is 11.2. The maximum absolute atomic E-state index is 11.2. The van der Waals surface area contributed by atoms with Crippen LogP contribution in [0.3, 0.4) is 0 Å². The molecule has 90 valence electrons. The van der Waals surface area contributed by atoms with Crippen LogP contribution in [0, 0.1) is 6.92 Å². The van der Waals surface area contributed by atoms with E-state index in [1.807, 2.05) is 20.2 Å². The molecule has 0 aliphatic carbocycles. The van der Waals surface area contributed by atoms with Gasteiger partial charge in [0.2, 0.25) is 0 Å². The van der Waals surface area contributed by atoms with E-state index >= 15 is 0 Å². The van der Waals surface area contributed by atoms with Crippen molar-refractivity contribution >= 4 is 17.3 Å². The van der Waals surface area contributed by atoms with Crippen LogP contribution in [-0.4, -0.2) is 20.0 Å². The van der Waals surface area contributed by atoms with E-state index in [0.717, 1.165) is 11.3 Å². The van der Waals surface area contributed by atoms with Crippen molar-refractivity contribution in [3.05, 3.63) is 39.0 Å². The molecule has 0 bridgehead atoms. The first-order valence-corrected chi connectivity index (χ1v) is 5.42. The molecule has 2 N–H and O–H groups in total. The number of aromatic nitrogens is 4. The van der Waals surface area contributed by atoms with Crippen molar-refractivity contribution in [1.82, 2.24) is 20.0 Å². The summed E-state index contributed by atoms with van der Waals surface area (Å²) in [6, 6.07) is 0. The lowest BCUT2D eigenvalue weighted by atomic mass is 10.2. The topological polar surface area (TPSA) is 75.6 Å². The summed E-state index contributed by atoms with van der Waals surface area (Å²) in [7, 11) is 1.86. The number of halogens is 1. The lowest BCUT2D eigenvalue weighted by Gasteiger charge is -2.05. The van der Waals surface area contributed by atoms with Gasteiger partial charge >= 0.3 is 0 Å². The Labute approximate surface area is 103 Å². The number of H-pyrrole nitrogens is 1. The average Bonchev–Trinajstić information content (AvgIpc) is 2.60. The Bertz CT molecular complexity index is 589. The standard InChI is InChI=1S/C10H12ClN5O/c1-6-7(5-16(2)15-6)3-12-8-4-13-14-10(17)9(8)11/h4-5H,3H2,1-2H3,(H2,12,14,17). The van der Waals surface area contributed by atoms with Crippen LogP contribution in [0.1, 0.15) is 11.3 Å². The highest BCUT2D eigenvalue weighted by molar-refractivity contribution is 6.32. The van der Waals surface area contributed by atoms with Gasteiger partial charge in [-0.05, 0) is 6.92 Å². The van der Waals surface area contributed by atoms with Crippen molar-refractivity contribution in [2.75, 3.05) is 5.32 Å². The van der Waals surface area contributed by atoms with E-state index < -0.39 is 5.56 Å². The van der Waals surface area contributed by atoms with Crippen LogP contribution in [0.2, 0.25) is 5.02 Å². The van der Waals surface area contributed by atoms with E-state index in [2.05, 4.69) is 20.6 Å². The fourth-order valence-electron chi connectivity index (χ4n) is 1.52. The first-order valence-electron chi connectivity index (χ1n) is 5.04. The number of hydrogen-bond acceptors (Lipinski definition) is 4. The zero-order chi connectivity index (χ0) is 12.4. The van der Waals surface area contributed by atoms with E-state index in [4.69, 9.17) is 11.6 Å². The van der Waals surface area contributed by atoms with Crippen LogP contribution in [-0.2, 0) is 13.6 Å². The molecular formula is C10H12ClN5O. The van der Waals surface area contributed by atoms with Gasteiger partial charge in [-0.2, -0.15) is 10.2 Å². The molecule has 0 unspecified atom stereocenters. The van der Waals surface area contributed by atoms with Crippen molar-refractivity contribution in [2.45, 2.75) is 13.5 Å². The summed E-state index contributed by atoms with van der Waals surface area (Å²) in [5, 5.41) is 13.3. The molecule has 0 saturated heterocycles. The first kappa shape index (κ1) is 11.7. The molecule has 17 heavy (non-hydrogen) atoms. The fourth-order valence-corrected chi connectivity index (χ4v) is 1.68. The third kappa shape index (κ3) is 2.47. The first-order chi connectivity index (χ1) is 8.08. The number of rotatable bonds is 3. The third-order valence-electron chi connectivity index (χ3n) is 2.38. The van der Waals surface area contributed by atoms with Crippen LogP contribution in [0.5, 0.6) is 0 Å². The van der Waals surface area contributed by atoms with Crippen molar-refractivity contribution in [1.29, 1.82) is 0 Å². The molecule has 2 rings (SSSR count). The molecule has 0 amide bonds. The van der Waals surface area contributed by atoms with Gasteiger partial charge in [-0.3, -0.25) is 9.48 Å². The van der Waals surface area contributed by atoms with Gasteiger partial charge in [0, 0.05) is 25.4 Å². The van der Waals surface area contributed by atoms with Crippen LogP contribution in [0.25, 0.3) is 0 Å². The van der Waals surface area contributed by atoms with E-state index in [0.29, 0.717) is 12.2 Å². The lowest BCUT2D eigenvalue weighted by molar-refractivity contribution is 0.756. The van der Waals surface area contributed by atoms with E-state index in [-0.39, 0.29) is 5.02 Å². The summed E-state index contributed by atoms with van der Waals surface area (Å²) in [5.74, 6) is 0. The maximum Gasteiger partial charge on any atom is 0.285 e. The summed E-state index contributed by atoms with van der Waals surface area (Å²) in [6.07, 6.45) is 3.40. The molecule has 0 aliphatic heterocycles. The SMILES string of the molecule is Cc1nn(C)cc1CNc1cn[nH]c(=O)c1Cl. The number of nitrogens with one attached hydrogen (secondary N) is 2. The molecule has 7 heteroatoms. The monoisotopic (exact) mass is 253 g/mol. The molecule has 0 aliphatic rings. The smallest absolute Gasteiger partial charge is 0.285 e. The summed E-state index contributed by atoms with van der Waals surface area (Å²) in [5.41, 5.74) is 2.09. The summed E-state index contributed by atoms with van der Waals surface area (Å²) in [4.78, 5) is 11.2. The minimum Gasteiger partial charge on any atom is -0.378 e. The normalized spacial score (nSPS) is 10.5. The van der Waals surface area contributed by atoms with Gasteiger partial charge in [0.05, 0.1) is 17.6 Å². The highest BCUT2D eigenvalue weighted by atomic mass is 35.5. The van der Waals surface area contributed by atoms with E-state index in [1.54, 1.807) is 4.68 Å². The van der Waals surface area contributed by atoms with Gasteiger partial charge in [-0.1, -0.05) is 11.6 Å². The van der Waals surface area contributed by atoms with Crippen molar-refractivity contribution in [3.63, 3.8) is 0 Å². The fraction of sp³-hybridized carbons (Fsp3) is 0.300. The molecule has 2 heterocycles. The molecule has 2 aromatic rings. The molecule has 0 spiro atoms. The Kier molecular flexibility index (Phi) is 3.14. The quantitative estimate of drug-likeness (QED) is 0.858. The van der Waals surface area contributed by atoms with Crippen LogP contribution in [0.15, 0.2) is 17.2 Å². The third-order valence-corrected chi connectivity index (χ3v) is 2.76. The molecule has 2 aromatic heterocycles. The molecule has 0 radical (unpaired) electrons. The molecule has 0 fully saturated rings. The highest BCUT2D eigenvalue weighted by Crippen LogP contribution is 2.16. The Morgan fingerprint density at radius 2 is 2.35 bits per heavy atom. The molecular weight excluding hydrogens is 242 g/mol. The average molecular weight is 254 g/mol. The number of anilines is 1. The summed E-state index contributed by atoms with van der Waals surface area (Å²) >= 11 is 5.84. The number of hydrogen-bond donors (Lipinski definition) is 2. The van der Waals surface area contributed by atoms with Crippen molar-refractivity contribution in [2.24, 2.45) is 7.05 Å². The van der Waals surface area contributed by atoms with Crippen LogP contribution in [0.4, 0.5) is 5.69 Å². The van der Waals surface area contributed by atoms with Gasteiger partial charge in [-0.25, -0.2) is 5.10 Å². The Morgan fingerprint density at radius 1 is 1.59 bits per heavy atom. The Hall–Kier alpha value is -1.82. The largest absolute Gasteiger partial charge is 0.378 e. The molecule has 0 aromatic carbocycles. The second-order valence-corrected chi connectivity index (χ2v) is 4.07. The zero-order valence-electron chi connectivity index (χ0n) is 9.49. The predicted molar refractivity (Wildman–Crippen MR) is 65.1 cm³/mol. The number of aromatic amines is 1. The molecule has 0 saturated carbocycles. The van der Waals surface area contributed by atoms with Crippen LogP contribution >= 0.6 is 11.6 Å². The van der Waals surface area contributed by atoms with E-state index in [1.165, 1.54) is 6.20 Å². The second-order valence-electron chi connectivity index (χ2n) is 3.69. The van der Waals surface area contributed by atoms with Gasteiger partial charge < -0.3 is 5.32 Å². The minimum absolute atomic E-state index is 0.113. The predicted octanol–water partition coefficient (Wildman–Crippen LogP) is 1.08. The molecule has 6 nitrogen and oxygen atoms in total. The van der Waals surface area contributed by atoms with Gasteiger partial charge in [0.1, 0.15) is 5.02 Å². The van der Waals surface area contributed by atoms with Gasteiger partial charge in [0.15, 0.2) is 0 Å². The van der Waals surface area contributed by atoms with Gasteiger partial charge in [-0.15, -0.1) is 0 Å². The number of nitrogens with zero attached hydrogens (tertiary/aromatic N) is 3.